The first kappa shape index (κ1) is 13.8. The lowest BCUT2D eigenvalue weighted by Crippen LogP contribution is -2.50. The first-order valence-electron chi connectivity index (χ1n) is 5.59. The molecule has 0 spiro atoms. The Bertz CT molecular complexity index is 188. The van der Waals surface area contributed by atoms with E-state index in [0.29, 0.717) is 13.2 Å². The number of methoxy groups -OCH3 is 1. The molecule has 2 N–H and O–H groups in total. The minimum absolute atomic E-state index is 0.00737. The van der Waals surface area contributed by atoms with E-state index in [0.717, 1.165) is 26.2 Å². The van der Waals surface area contributed by atoms with Crippen LogP contribution >= 0.6 is 0 Å². The number of piperazine rings is 1. The maximum atomic E-state index is 8.63. The molecule has 0 aliphatic carbocycles. The molecule has 96 valence electrons. The van der Waals surface area contributed by atoms with E-state index in [4.69, 9.17) is 19.4 Å². The van der Waals surface area contributed by atoms with Crippen LogP contribution in [0.4, 0.5) is 0 Å². The topological polar surface area (TPSA) is 63.2 Å². The molecule has 0 aromatic heterocycles. The van der Waals surface area contributed by atoms with Crippen molar-refractivity contribution >= 4 is 0 Å². The van der Waals surface area contributed by atoms with E-state index in [1.807, 2.05) is 12.0 Å². The van der Waals surface area contributed by atoms with Crippen molar-refractivity contribution in [1.82, 2.24) is 10.4 Å². The molecule has 1 aliphatic heterocycles. The van der Waals surface area contributed by atoms with Crippen LogP contribution in [-0.4, -0.2) is 69.1 Å². The lowest BCUT2D eigenvalue weighted by molar-refractivity contribution is -0.345. The lowest BCUT2D eigenvalue weighted by atomic mass is 10.3. The summed E-state index contributed by atoms with van der Waals surface area (Å²) < 4.78 is 10.5. The molecule has 0 saturated carbocycles. The van der Waals surface area contributed by atoms with Crippen LogP contribution in [0, 0.1) is 0 Å². The van der Waals surface area contributed by atoms with Crippen molar-refractivity contribution in [2.24, 2.45) is 0 Å². The molecule has 1 fully saturated rings. The Balaban J connectivity index is 2.32. The van der Waals surface area contributed by atoms with Crippen molar-refractivity contribution in [3.8, 4) is 0 Å². The largest absolute Gasteiger partial charge is 0.394 e. The molecule has 0 aromatic rings. The molecule has 0 aromatic carbocycles. The molecule has 1 aliphatic rings. The van der Waals surface area contributed by atoms with Gasteiger partial charge in [0, 0.05) is 33.3 Å². The van der Waals surface area contributed by atoms with Crippen LogP contribution in [0.1, 0.15) is 6.92 Å². The fourth-order valence-corrected chi connectivity index (χ4v) is 1.45. The van der Waals surface area contributed by atoms with Gasteiger partial charge in [-0.15, -0.1) is 0 Å². The Morgan fingerprint density at radius 2 is 2.06 bits per heavy atom. The number of nitrogens with one attached hydrogen (secondary N) is 1. The summed E-state index contributed by atoms with van der Waals surface area (Å²) in [6, 6.07) is 0. The van der Waals surface area contributed by atoms with Crippen LogP contribution in [0.15, 0.2) is 0 Å². The van der Waals surface area contributed by atoms with Gasteiger partial charge in [0.1, 0.15) is 6.61 Å². The molecule has 0 radical (unpaired) electrons. The van der Waals surface area contributed by atoms with Gasteiger partial charge >= 0.3 is 0 Å². The van der Waals surface area contributed by atoms with Crippen LogP contribution in [0.3, 0.4) is 0 Å². The van der Waals surface area contributed by atoms with Crippen LogP contribution < -0.4 is 5.32 Å². The molecule has 1 heterocycles. The Hall–Kier alpha value is -0.240. The third-order valence-corrected chi connectivity index (χ3v) is 2.43. The van der Waals surface area contributed by atoms with Crippen molar-refractivity contribution in [1.29, 1.82) is 0 Å². The van der Waals surface area contributed by atoms with Gasteiger partial charge in [-0.1, -0.05) is 0 Å². The monoisotopic (exact) mass is 234 g/mol. The maximum Gasteiger partial charge on any atom is 0.208 e. The maximum absolute atomic E-state index is 8.63. The summed E-state index contributed by atoms with van der Waals surface area (Å²) >= 11 is 0. The molecule has 16 heavy (non-hydrogen) atoms. The second kappa shape index (κ2) is 7.16. The quantitative estimate of drug-likeness (QED) is 0.444. The summed E-state index contributed by atoms with van der Waals surface area (Å²) in [4.78, 5) is 5.74. The van der Waals surface area contributed by atoms with Gasteiger partial charge in [-0.3, -0.25) is 4.84 Å². The zero-order valence-corrected chi connectivity index (χ0v) is 10.1. The number of hydrogen-bond acceptors (Lipinski definition) is 6. The second-order valence-electron chi connectivity index (χ2n) is 3.88. The standard InChI is InChI=1S/C10H22N2O4/c1-10(14-2,9-15-8-7-13)16-12-5-3-11-4-6-12/h11,13H,3-9H2,1-2H3. The van der Waals surface area contributed by atoms with Crippen molar-refractivity contribution in [2.75, 3.05) is 53.1 Å². The number of hydroxylamine groups is 2. The molecule has 6 nitrogen and oxygen atoms in total. The van der Waals surface area contributed by atoms with Gasteiger partial charge in [-0.25, -0.2) is 0 Å². The van der Waals surface area contributed by atoms with Crippen LogP contribution in [0.5, 0.6) is 0 Å². The summed E-state index contributed by atoms with van der Waals surface area (Å²) in [6.45, 7) is 5.92. The molecule has 1 saturated heterocycles. The number of ether oxygens (including phenoxy) is 2. The van der Waals surface area contributed by atoms with Crippen molar-refractivity contribution in [3.05, 3.63) is 0 Å². The van der Waals surface area contributed by atoms with Gasteiger partial charge in [-0.2, -0.15) is 5.06 Å². The van der Waals surface area contributed by atoms with E-state index in [9.17, 15) is 0 Å². The van der Waals surface area contributed by atoms with E-state index in [1.165, 1.54) is 0 Å². The van der Waals surface area contributed by atoms with Gasteiger partial charge in [0.25, 0.3) is 0 Å². The van der Waals surface area contributed by atoms with Gasteiger partial charge in [0.2, 0.25) is 5.79 Å². The van der Waals surface area contributed by atoms with Gasteiger partial charge in [0.05, 0.1) is 13.2 Å². The van der Waals surface area contributed by atoms with Crippen molar-refractivity contribution in [3.63, 3.8) is 0 Å². The minimum atomic E-state index is -0.785. The van der Waals surface area contributed by atoms with Crippen molar-refractivity contribution < 1.29 is 19.4 Å². The average Bonchev–Trinajstić information content (AvgIpc) is 2.31. The predicted octanol–water partition coefficient (Wildman–Crippen LogP) is -0.805. The molecule has 1 unspecified atom stereocenters. The SMILES string of the molecule is COC(C)(COCCO)ON1CCNCC1. The van der Waals surface area contributed by atoms with Crippen LogP contribution in [0.2, 0.25) is 0 Å². The van der Waals surface area contributed by atoms with E-state index in [-0.39, 0.29) is 6.61 Å². The first-order valence-corrected chi connectivity index (χ1v) is 5.59. The molecular weight excluding hydrogens is 212 g/mol. The highest BCUT2D eigenvalue weighted by molar-refractivity contribution is 4.65. The van der Waals surface area contributed by atoms with E-state index >= 15 is 0 Å². The lowest BCUT2D eigenvalue weighted by Gasteiger charge is -2.35. The van der Waals surface area contributed by atoms with Gasteiger partial charge in [-0.05, 0) is 6.92 Å². The second-order valence-corrected chi connectivity index (χ2v) is 3.88. The van der Waals surface area contributed by atoms with Crippen LogP contribution in [0.25, 0.3) is 0 Å². The number of nitrogens with zero attached hydrogens (tertiary/aromatic N) is 1. The van der Waals surface area contributed by atoms with E-state index in [2.05, 4.69) is 5.32 Å². The average molecular weight is 234 g/mol. The molecule has 0 bridgehead atoms. The smallest absolute Gasteiger partial charge is 0.208 e. The normalized spacial score (nSPS) is 21.9. The molecule has 1 atom stereocenters. The Morgan fingerprint density at radius 3 is 2.62 bits per heavy atom. The number of rotatable bonds is 7. The number of aliphatic hydroxyl groups excluding tert-OH is 1. The Morgan fingerprint density at radius 1 is 1.38 bits per heavy atom. The molecular formula is C10H22N2O4. The summed E-state index contributed by atoms with van der Waals surface area (Å²) in [7, 11) is 1.59. The van der Waals surface area contributed by atoms with E-state index in [1.54, 1.807) is 7.11 Å². The number of aliphatic hydroxyl groups is 1. The minimum Gasteiger partial charge on any atom is -0.394 e. The Labute approximate surface area is 96.4 Å². The van der Waals surface area contributed by atoms with Gasteiger partial charge < -0.3 is 19.9 Å². The highest BCUT2D eigenvalue weighted by Crippen LogP contribution is 2.14. The first-order chi connectivity index (χ1) is 7.70. The highest BCUT2D eigenvalue weighted by Gasteiger charge is 2.29. The zero-order chi connectivity index (χ0) is 11.9. The summed E-state index contributed by atoms with van der Waals surface area (Å²) in [5.41, 5.74) is 0. The fourth-order valence-electron chi connectivity index (χ4n) is 1.45. The zero-order valence-electron chi connectivity index (χ0n) is 10.1. The van der Waals surface area contributed by atoms with Crippen LogP contribution in [-0.2, 0) is 14.3 Å². The molecule has 1 rings (SSSR count). The number of hydrogen-bond donors (Lipinski definition) is 2. The third kappa shape index (κ3) is 4.73. The molecule has 0 amide bonds. The third-order valence-electron chi connectivity index (χ3n) is 2.43. The summed E-state index contributed by atoms with van der Waals surface area (Å²) in [5.74, 6) is -0.785. The summed E-state index contributed by atoms with van der Waals surface area (Å²) in [6.07, 6.45) is 0. The fraction of sp³-hybridized carbons (Fsp3) is 1.00. The van der Waals surface area contributed by atoms with E-state index < -0.39 is 5.79 Å². The summed E-state index contributed by atoms with van der Waals surface area (Å²) in [5, 5.41) is 13.8. The molecule has 6 heteroatoms. The predicted molar refractivity (Wildman–Crippen MR) is 58.8 cm³/mol. The highest BCUT2D eigenvalue weighted by atomic mass is 16.8. The Kier molecular flexibility index (Phi) is 6.18. The van der Waals surface area contributed by atoms with Crippen molar-refractivity contribution in [2.45, 2.75) is 12.7 Å². The van der Waals surface area contributed by atoms with Gasteiger partial charge in [0.15, 0.2) is 0 Å².